The first-order chi connectivity index (χ1) is 8.66. The van der Waals surface area contributed by atoms with Gasteiger partial charge < -0.3 is 19.9 Å². The summed E-state index contributed by atoms with van der Waals surface area (Å²) < 4.78 is 10.4. The van der Waals surface area contributed by atoms with Crippen LogP contribution in [-0.4, -0.2) is 48.9 Å². The Morgan fingerprint density at radius 2 is 1.78 bits per heavy atom. The van der Waals surface area contributed by atoms with E-state index in [0.29, 0.717) is 25.3 Å². The average Bonchev–Trinajstić information content (AvgIpc) is 2.87. The lowest BCUT2D eigenvalue weighted by Gasteiger charge is -2.22. The molecule has 6 heteroatoms. The van der Waals surface area contributed by atoms with Crippen LogP contribution in [0.5, 0.6) is 0 Å². The summed E-state index contributed by atoms with van der Waals surface area (Å²) in [6.07, 6.45) is 1.38. The van der Waals surface area contributed by atoms with Gasteiger partial charge in [0, 0.05) is 19.8 Å². The van der Waals surface area contributed by atoms with Gasteiger partial charge in [-0.2, -0.15) is 0 Å². The second kappa shape index (κ2) is 6.15. The summed E-state index contributed by atoms with van der Waals surface area (Å²) in [5.74, 6) is -0.723. The molecule has 102 valence electrons. The Hall–Kier alpha value is -1.14. The molecule has 0 radical (unpaired) electrons. The predicted molar refractivity (Wildman–Crippen MR) is 62.1 cm³/mol. The molecule has 6 nitrogen and oxygen atoms in total. The standard InChI is InChI=1S/C12H19NO5/c14-11(9-1-2-10(18-9)12(15)16)13-7-8-3-5-17-6-4-8/h8-10H,1-7H2,(H,13,14)(H,15,16). The minimum absolute atomic E-state index is 0.190. The monoisotopic (exact) mass is 257 g/mol. The number of carboxylic acids is 1. The molecule has 2 fully saturated rings. The number of nitrogens with one attached hydrogen (secondary N) is 1. The summed E-state index contributed by atoms with van der Waals surface area (Å²) in [6, 6.07) is 0. The van der Waals surface area contributed by atoms with Crippen LogP contribution >= 0.6 is 0 Å². The van der Waals surface area contributed by atoms with Crippen LogP contribution < -0.4 is 5.32 Å². The molecule has 2 aliphatic rings. The second-order valence-corrected chi connectivity index (χ2v) is 4.83. The van der Waals surface area contributed by atoms with Gasteiger partial charge in [-0.3, -0.25) is 4.79 Å². The molecule has 2 heterocycles. The van der Waals surface area contributed by atoms with E-state index in [1.165, 1.54) is 0 Å². The van der Waals surface area contributed by atoms with Gasteiger partial charge in [0.15, 0.2) is 6.10 Å². The zero-order chi connectivity index (χ0) is 13.0. The molecule has 2 aliphatic heterocycles. The maximum atomic E-state index is 11.8. The van der Waals surface area contributed by atoms with Gasteiger partial charge in [0.25, 0.3) is 0 Å². The molecule has 0 saturated carbocycles. The highest BCUT2D eigenvalue weighted by molar-refractivity contribution is 5.82. The lowest BCUT2D eigenvalue weighted by Crippen LogP contribution is -2.39. The fourth-order valence-corrected chi connectivity index (χ4v) is 2.32. The van der Waals surface area contributed by atoms with Gasteiger partial charge in [-0.05, 0) is 31.6 Å². The van der Waals surface area contributed by atoms with Crippen LogP contribution in [0.25, 0.3) is 0 Å². The summed E-state index contributed by atoms with van der Waals surface area (Å²) in [5.41, 5.74) is 0. The lowest BCUT2D eigenvalue weighted by atomic mass is 10.0. The van der Waals surface area contributed by atoms with Crippen molar-refractivity contribution in [1.82, 2.24) is 5.32 Å². The topological polar surface area (TPSA) is 84.9 Å². The maximum Gasteiger partial charge on any atom is 0.332 e. The molecule has 2 rings (SSSR count). The molecule has 0 bridgehead atoms. The van der Waals surface area contributed by atoms with Crippen LogP contribution in [0.1, 0.15) is 25.7 Å². The Labute approximate surface area is 106 Å². The number of amides is 1. The SMILES string of the molecule is O=C(O)C1CCC(C(=O)NCC2CCOCC2)O1. The van der Waals surface area contributed by atoms with E-state index in [1.54, 1.807) is 0 Å². The van der Waals surface area contributed by atoms with Crippen molar-refractivity contribution in [3.63, 3.8) is 0 Å². The molecule has 0 aromatic heterocycles. The van der Waals surface area contributed by atoms with Gasteiger partial charge in [-0.15, -0.1) is 0 Å². The van der Waals surface area contributed by atoms with Crippen molar-refractivity contribution in [3.8, 4) is 0 Å². The molecule has 0 aromatic carbocycles. The van der Waals surface area contributed by atoms with E-state index in [9.17, 15) is 9.59 Å². The average molecular weight is 257 g/mol. The number of aliphatic carboxylic acids is 1. The van der Waals surface area contributed by atoms with Crippen molar-refractivity contribution in [2.75, 3.05) is 19.8 Å². The second-order valence-electron chi connectivity index (χ2n) is 4.83. The van der Waals surface area contributed by atoms with Gasteiger partial charge in [-0.25, -0.2) is 4.79 Å². The number of carbonyl (C=O) groups excluding carboxylic acids is 1. The smallest absolute Gasteiger partial charge is 0.332 e. The first-order valence-corrected chi connectivity index (χ1v) is 6.40. The van der Waals surface area contributed by atoms with Gasteiger partial charge in [0.1, 0.15) is 6.10 Å². The van der Waals surface area contributed by atoms with E-state index in [0.717, 1.165) is 26.1 Å². The summed E-state index contributed by atoms with van der Waals surface area (Å²) in [4.78, 5) is 22.5. The van der Waals surface area contributed by atoms with Crippen LogP contribution in [0.4, 0.5) is 0 Å². The fraction of sp³-hybridized carbons (Fsp3) is 0.833. The lowest BCUT2D eigenvalue weighted by molar-refractivity contribution is -0.151. The Balaban J connectivity index is 1.70. The fourth-order valence-electron chi connectivity index (χ4n) is 2.32. The molecule has 2 saturated heterocycles. The molecule has 1 amide bonds. The van der Waals surface area contributed by atoms with Crippen molar-refractivity contribution in [3.05, 3.63) is 0 Å². The van der Waals surface area contributed by atoms with Crippen molar-refractivity contribution in [2.24, 2.45) is 5.92 Å². The highest BCUT2D eigenvalue weighted by Crippen LogP contribution is 2.20. The van der Waals surface area contributed by atoms with Crippen LogP contribution in [0, 0.1) is 5.92 Å². The number of hydrogen-bond acceptors (Lipinski definition) is 4. The van der Waals surface area contributed by atoms with Crippen LogP contribution in [0.2, 0.25) is 0 Å². The van der Waals surface area contributed by atoms with E-state index in [1.807, 2.05) is 0 Å². The minimum atomic E-state index is -0.991. The van der Waals surface area contributed by atoms with Crippen LogP contribution in [0.15, 0.2) is 0 Å². The molecular weight excluding hydrogens is 238 g/mol. The van der Waals surface area contributed by atoms with Crippen LogP contribution in [-0.2, 0) is 19.1 Å². The van der Waals surface area contributed by atoms with Gasteiger partial charge in [-0.1, -0.05) is 0 Å². The first-order valence-electron chi connectivity index (χ1n) is 6.40. The molecule has 0 spiro atoms. The molecule has 0 aromatic rings. The Bertz CT molecular complexity index is 314. The zero-order valence-corrected chi connectivity index (χ0v) is 10.3. The Kier molecular flexibility index (Phi) is 4.54. The maximum absolute atomic E-state index is 11.8. The highest BCUT2D eigenvalue weighted by atomic mass is 16.5. The van der Waals surface area contributed by atoms with E-state index in [2.05, 4.69) is 5.32 Å². The molecule has 2 N–H and O–H groups in total. The summed E-state index contributed by atoms with van der Waals surface area (Å²) in [7, 11) is 0. The van der Waals surface area contributed by atoms with E-state index < -0.39 is 18.2 Å². The largest absolute Gasteiger partial charge is 0.479 e. The van der Waals surface area contributed by atoms with Crippen molar-refractivity contribution in [1.29, 1.82) is 0 Å². The van der Waals surface area contributed by atoms with Gasteiger partial charge in [0.2, 0.25) is 5.91 Å². The number of carboxylic acid groups (broad SMARTS) is 1. The third-order valence-electron chi connectivity index (χ3n) is 3.49. The molecule has 0 aliphatic carbocycles. The molecule has 2 unspecified atom stereocenters. The summed E-state index contributed by atoms with van der Waals surface area (Å²) in [5, 5.41) is 11.6. The summed E-state index contributed by atoms with van der Waals surface area (Å²) in [6.45, 7) is 2.13. The third-order valence-corrected chi connectivity index (χ3v) is 3.49. The van der Waals surface area contributed by atoms with E-state index in [-0.39, 0.29) is 5.91 Å². The number of carbonyl (C=O) groups is 2. The minimum Gasteiger partial charge on any atom is -0.479 e. The predicted octanol–water partition coefficient (Wildman–Crippen LogP) is 0.161. The first kappa shape index (κ1) is 13.3. The van der Waals surface area contributed by atoms with Gasteiger partial charge >= 0.3 is 5.97 Å². The normalized spacial score (nSPS) is 29.1. The summed E-state index contributed by atoms with van der Waals surface area (Å²) >= 11 is 0. The highest BCUT2D eigenvalue weighted by Gasteiger charge is 2.34. The van der Waals surface area contributed by atoms with E-state index >= 15 is 0 Å². The van der Waals surface area contributed by atoms with Crippen LogP contribution in [0.3, 0.4) is 0 Å². The molecule has 2 atom stereocenters. The number of rotatable bonds is 4. The number of hydrogen-bond donors (Lipinski definition) is 2. The number of ether oxygens (including phenoxy) is 2. The van der Waals surface area contributed by atoms with Crippen molar-refractivity contribution < 1.29 is 24.2 Å². The van der Waals surface area contributed by atoms with E-state index in [4.69, 9.17) is 14.6 Å². The van der Waals surface area contributed by atoms with Gasteiger partial charge in [0.05, 0.1) is 0 Å². The zero-order valence-electron chi connectivity index (χ0n) is 10.3. The molecule has 18 heavy (non-hydrogen) atoms. The third kappa shape index (κ3) is 3.43. The Morgan fingerprint density at radius 1 is 1.11 bits per heavy atom. The Morgan fingerprint density at radius 3 is 2.39 bits per heavy atom. The van der Waals surface area contributed by atoms with Crippen molar-refractivity contribution in [2.45, 2.75) is 37.9 Å². The quantitative estimate of drug-likeness (QED) is 0.749. The molecular formula is C12H19NO5. The van der Waals surface area contributed by atoms with Crippen molar-refractivity contribution >= 4 is 11.9 Å².